The monoisotopic (exact) mass is 428 g/mol. The zero-order valence-corrected chi connectivity index (χ0v) is 17.1. The van der Waals surface area contributed by atoms with E-state index in [0.29, 0.717) is 12.1 Å². The Morgan fingerprint density at radius 1 is 0.938 bits per heavy atom. The summed E-state index contributed by atoms with van der Waals surface area (Å²) < 4.78 is 2.97. The number of aliphatic carboxylic acids is 1. The van der Waals surface area contributed by atoms with Crippen molar-refractivity contribution in [1.82, 2.24) is 19.4 Å². The van der Waals surface area contributed by atoms with E-state index in [1.54, 1.807) is 10.6 Å². The molecule has 8 nitrogen and oxygen atoms in total. The van der Waals surface area contributed by atoms with E-state index < -0.39 is 23.5 Å². The fraction of sp³-hybridized carbons (Fsp3) is 0.208. The molecule has 5 rings (SSSR count). The average molecular weight is 428 g/mol. The van der Waals surface area contributed by atoms with Crippen LogP contribution in [0.1, 0.15) is 25.3 Å². The van der Waals surface area contributed by atoms with Crippen LogP contribution in [-0.4, -0.2) is 36.3 Å². The summed E-state index contributed by atoms with van der Waals surface area (Å²) in [4.78, 5) is 36.6. The summed E-state index contributed by atoms with van der Waals surface area (Å²) in [6.45, 7) is 0. The predicted octanol–water partition coefficient (Wildman–Crippen LogP) is 3.22. The van der Waals surface area contributed by atoms with E-state index in [0.717, 1.165) is 22.3 Å². The van der Waals surface area contributed by atoms with Gasteiger partial charge < -0.3 is 5.11 Å². The molecule has 1 aliphatic rings. The minimum Gasteiger partial charge on any atom is -0.481 e. The van der Waals surface area contributed by atoms with Gasteiger partial charge in [-0.3, -0.25) is 14.4 Å². The molecule has 1 saturated carbocycles. The highest BCUT2D eigenvalue weighted by Gasteiger charge is 2.34. The summed E-state index contributed by atoms with van der Waals surface area (Å²) in [5.41, 5.74) is 3.35. The second-order valence-corrected chi connectivity index (χ2v) is 7.92. The van der Waals surface area contributed by atoms with Gasteiger partial charge in [0, 0.05) is 24.2 Å². The largest absolute Gasteiger partial charge is 0.481 e. The first kappa shape index (κ1) is 19.9. The Labute approximate surface area is 182 Å². The Bertz CT molecular complexity index is 1390. The fourth-order valence-corrected chi connectivity index (χ4v) is 4.30. The molecule has 0 bridgehead atoms. The molecule has 0 spiro atoms. The van der Waals surface area contributed by atoms with E-state index in [4.69, 9.17) is 5.10 Å². The normalized spacial score (nSPS) is 18.7. The molecule has 2 atom stereocenters. The number of aromatic nitrogens is 4. The third kappa shape index (κ3) is 3.39. The van der Waals surface area contributed by atoms with Crippen LogP contribution in [0.3, 0.4) is 0 Å². The standard InChI is InChI=1S/C24H20N4O4/c29-20-14-16(24(31)32)9-11-18(20)28-21(30)12-10-17(25-28)22-19-8-4-5-13-27(19)26-23(22)15-6-2-1-3-7-15/h1-8,10,12-13,16,18H,9,11,14H2,(H,31,32)/t16-,18+/m1/s1. The van der Waals surface area contributed by atoms with Gasteiger partial charge in [-0.25, -0.2) is 9.20 Å². The Morgan fingerprint density at radius 3 is 2.47 bits per heavy atom. The van der Waals surface area contributed by atoms with Crippen LogP contribution in [0, 0.1) is 5.92 Å². The number of hydrogen-bond acceptors (Lipinski definition) is 5. The van der Waals surface area contributed by atoms with E-state index in [9.17, 15) is 19.5 Å². The van der Waals surface area contributed by atoms with E-state index in [-0.39, 0.29) is 18.6 Å². The first-order valence-corrected chi connectivity index (χ1v) is 10.4. The minimum atomic E-state index is -0.982. The van der Waals surface area contributed by atoms with Crippen LogP contribution in [0.25, 0.3) is 28.0 Å². The predicted molar refractivity (Wildman–Crippen MR) is 117 cm³/mol. The van der Waals surface area contributed by atoms with Crippen LogP contribution in [0.5, 0.6) is 0 Å². The van der Waals surface area contributed by atoms with E-state index in [1.165, 1.54) is 10.7 Å². The van der Waals surface area contributed by atoms with Crippen molar-refractivity contribution in [2.45, 2.75) is 25.3 Å². The molecule has 3 heterocycles. The fourth-order valence-electron chi connectivity index (χ4n) is 4.30. The molecule has 3 aromatic heterocycles. The summed E-state index contributed by atoms with van der Waals surface area (Å²) in [7, 11) is 0. The van der Waals surface area contributed by atoms with Crippen molar-refractivity contribution >= 4 is 17.3 Å². The lowest BCUT2D eigenvalue weighted by Gasteiger charge is -2.25. The molecule has 1 N–H and O–H groups in total. The van der Waals surface area contributed by atoms with Crippen molar-refractivity contribution in [1.29, 1.82) is 0 Å². The van der Waals surface area contributed by atoms with Crippen molar-refractivity contribution < 1.29 is 14.7 Å². The highest BCUT2D eigenvalue weighted by molar-refractivity contribution is 5.91. The number of fused-ring (bicyclic) bond motifs is 1. The molecule has 1 aliphatic carbocycles. The molecule has 0 amide bonds. The second kappa shape index (κ2) is 7.88. The molecule has 8 heteroatoms. The van der Waals surface area contributed by atoms with Gasteiger partial charge in [0.25, 0.3) is 5.56 Å². The lowest BCUT2D eigenvalue weighted by molar-refractivity contribution is -0.146. The molecule has 4 aromatic rings. The van der Waals surface area contributed by atoms with Crippen molar-refractivity contribution in [2.24, 2.45) is 5.92 Å². The first-order valence-electron chi connectivity index (χ1n) is 10.4. The van der Waals surface area contributed by atoms with Crippen molar-refractivity contribution in [2.75, 3.05) is 0 Å². The van der Waals surface area contributed by atoms with Crippen LogP contribution in [0.15, 0.2) is 71.7 Å². The third-order valence-corrected chi connectivity index (χ3v) is 5.92. The molecule has 0 unspecified atom stereocenters. The van der Waals surface area contributed by atoms with Crippen molar-refractivity contribution in [3.63, 3.8) is 0 Å². The quantitative estimate of drug-likeness (QED) is 0.535. The highest BCUT2D eigenvalue weighted by Crippen LogP contribution is 2.34. The maximum absolute atomic E-state index is 12.7. The number of hydrogen-bond donors (Lipinski definition) is 1. The lowest BCUT2D eigenvalue weighted by Crippen LogP contribution is -2.37. The molecule has 160 valence electrons. The molecule has 32 heavy (non-hydrogen) atoms. The van der Waals surface area contributed by atoms with Crippen LogP contribution in [-0.2, 0) is 9.59 Å². The van der Waals surface area contributed by atoms with E-state index >= 15 is 0 Å². The highest BCUT2D eigenvalue weighted by atomic mass is 16.4. The summed E-state index contributed by atoms with van der Waals surface area (Å²) >= 11 is 0. The average Bonchev–Trinajstić information content (AvgIpc) is 3.20. The number of rotatable bonds is 4. The second-order valence-electron chi connectivity index (χ2n) is 7.92. The molecule has 0 aliphatic heterocycles. The van der Waals surface area contributed by atoms with Gasteiger partial charge in [-0.2, -0.15) is 10.2 Å². The number of pyridine rings is 1. The maximum Gasteiger partial charge on any atom is 0.306 e. The van der Waals surface area contributed by atoms with Gasteiger partial charge >= 0.3 is 5.97 Å². The number of Topliss-reactive ketones (excluding diaryl/α,β-unsaturated/α-hetero) is 1. The minimum absolute atomic E-state index is 0.0929. The van der Waals surface area contributed by atoms with E-state index in [2.05, 4.69) is 5.10 Å². The van der Waals surface area contributed by atoms with Gasteiger partial charge in [0.15, 0.2) is 5.78 Å². The molecule has 1 fully saturated rings. The van der Waals surface area contributed by atoms with Gasteiger partial charge in [0.2, 0.25) is 0 Å². The molecular weight excluding hydrogens is 408 g/mol. The maximum atomic E-state index is 12.7. The molecular formula is C24H20N4O4. The summed E-state index contributed by atoms with van der Waals surface area (Å²) in [5, 5.41) is 18.5. The van der Waals surface area contributed by atoms with E-state index in [1.807, 2.05) is 54.7 Å². The Balaban J connectivity index is 1.64. The number of carboxylic acid groups (broad SMARTS) is 1. The van der Waals surface area contributed by atoms with Crippen LogP contribution >= 0.6 is 0 Å². The third-order valence-electron chi connectivity index (χ3n) is 5.92. The van der Waals surface area contributed by atoms with Gasteiger partial charge in [-0.05, 0) is 31.0 Å². The molecule has 1 aromatic carbocycles. The Hall–Kier alpha value is -4.07. The van der Waals surface area contributed by atoms with Gasteiger partial charge in [-0.15, -0.1) is 0 Å². The number of carbonyl (C=O) groups is 2. The lowest BCUT2D eigenvalue weighted by atomic mass is 9.85. The van der Waals surface area contributed by atoms with Crippen LogP contribution < -0.4 is 5.56 Å². The zero-order chi connectivity index (χ0) is 22.2. The smallest absolute Gasteiger partial charge is 0.306 e. The molecule has 0 saturated heterocycles. The van der Waals surface area contributed by atoms with Crippen molar-refractivity contribution in [3.05, 3.63) is 77.2 Å². The van der Waals surface area contributed by atoms with Crippen LogP contribution in [0.2, 0.25) is 0 Å². The molecule has 0 radical (unpaired) electrons. The number of benzene rings is 1. The van der Waals surface area contributed by atoms with Crippen LogP contribution in [0.4, 0.5) is 0 Å². The topological polar surface area (TPSA) is 107 Å². The van der Waals surface area contributed by atoms with Gasteiger partial charge in [0.05, 0.1) is 22.7 Å². The Morgan fingerprint density at radius 2 is 1.72 bits per heavy atom. The van der Waals surface area contributed by atoms with Crippen molar-refractivity contribution in [3.8, 4) is 22.5 Å². The summed E-state index contributed by atoms with van der Waals surface area (Å²) in [6.07, 6.45) is 2.35. The number of carbonyl (C=O) groups excluding carboxylic acids is 1. The first-order chi connectivity index (χ1) is 15.5. The summed E-state index contributed by atoms with van der Waals surface area (Å²) in [5.74, 6) is -1.97. The van der Waals surface area contributed by atoms with Gasteiger partial charge in [0.1, 0.15) is 11.7 Å². The summed E-state index contributed by atoms with van der Waals surface area (Å²) in [6, 6.07) is 17.7. The SMILES string of the molecule is O=C(O)[C@@H]1CC[C@H](n2nc(-c3c(-c4ccccc4)nn4ccccc34)ccc2=O)C(=O)C1. The number of ketones is 1. The van der Waals surface area contributed by atoms with Gasteiger partial charge in [-0.1, -0.05) is 36.4 Å². The Kier molecular flexibility index (Phi) is 4.89. The number of carboxylic acids is 1. The number of nitrogens with zero attached hydrogens (tertiary/aromatic N) is 4. The zero-order valence-electron chi connectivity index (χ0n) is 17.1.